The van der Waals surface area contributed by atoms with Gasteiger partial charge in [0.15, 0.2) is 5.96 Å². The van der Waals surface area contributed by atoms with Crippen LogP contribution in [0.3, 0.4) is 0 Å². The molecule has 0 spiro atoms. The van der Waals surface area contributed by atoms with Crippen LogP contribution < -0.4 is 10.6 Å². The van der Waals surface area contributed by atoms with Gasteiger partial charge < -0.3 is 15.4 Å². The minimum absolute atomic E-state index is 0. The van der Waals surface area contributed by atoms with Crippen molar-refractivity contribution < 1.29 is 4.74 Å². The summed E-state index contributed by atoms with van der Waals surface area (Å²) >= 11 is 0. The van der Waals surface area contributed by atoms with Crippen LogP contribution in [0.4, 0.5) is 0 Å². The summed E-state index contributed by atoms with van der Waals surface area (Å²) in [5.74, 6) is 1.82. The van der Waals surface area contributed by atoms with Gasteiger partial charge in [-0.1, -0.05) is 12.8 Å². The van der Waals surface area contributed by atoms with Crippen molar-refractivity contribution in [2.75, 3.05) is 26.2 Å². The Morgan fingerprint density at radius 2 is 1.90 bits per heavy atom. The third-order valence-electron chi connectivity index (χ3n) is 3.82. The number of nitrogens with zero attached hydrogens (tertiary/aromatic N) is 1. The topological polar surface area (TPSA) is 45.7 Å². The van der Waals surface area contributed by atoms with Crippen LogP contribution in [0.2, 0.25) is 0 Å². The van der Waals surface area contributed by atoms with E-state index in [0.717, 1.165) is 44.5 Å². The quantitative estimate of drug-likeness (QED) is 0.288. The van der Waals surface area contributed by atoms with Gasteiger partial charge in [-0.3, -0.25) is 4.99 Å². The molecule has 2 rings (SSSR count). The largest absolute Gasteiger partial charge is 0.378 e. The molecule has 2 aliphatic carbocycles. The zero-order chi connectivity index (χ0) is 13.3. The molecule has 20 heavy (non-hydrogen) atoms. The van der Waals surface area contributed by atoms with Crippen LogP contribution in [-0.4, -0.2) is 38.3 Å². The lowest BCUT2D eigenvalue weighted by molar-refractivity contribution is 0.0574. The molecule has 0 unspecified atom stereocenters. The lowest BCUT2D eigenvalue weighted by Gasteiger charge is -2.13. The molecule has 4 nitrogen and oxygen atoms in total. The van der Waals surface area contributed by atoms with Crippen LogP contribution >= 0.6 is 24.0 Å². The summed E-state index contributed by atoms with van der Waals surface area (Å²) in [4.78, 5) is 4.60. The first kappa shape index (κ1) is 18.0. The van der Waals surface area contributed by atoms with Crippen LogP contribution in [0.15, 0.2) is 4.99 Å². The van der Waals surface area contributed by atoms with Crippen molar-refractivity contribution in [3.05, 3.63) is 0 Å². The van der Waals surface area contributed by atoms with Crippen molar-refractivity contribution >= 4 is 29.9 Å². The number of guanidine groups is 1. The first-order chi connectivity index (χ1) is 9.38. The minimum Gasteiger partial charge on any atom is -0.378 e. The summed E-state index contributed by atoms with van der Waals surface area (Å²) < 4.78 is 5.85. The fraction of sp³-hybridized carbons (Fsp3) is 0.933. The molecule has 5 heteroatoms. The molecule has 0 atom stereocenters. The Bertz CT molecular complexity index is 276. The third kappa shape index (κ3) is 7.67. The van der Waals surface area contributed by atoms with Crippen molar-refractivity contribution in [1.29, 1.82) is 0 Å². The van der Waals surface area contributed by atoms with E-state index in [1.54, 1.807) is 0 Å². The van der Waals surface area contributed by atoms with Gasteiger partial charge in [0.1, 0.15) is 0 Å². The lowest BCUT2D eigenvalue weighted by atomic mass is 10.3. The molecule has 2 N–H and O–H groups in total. The van der Waals surface area contributed by atoms with Crippen LogP contribution in [0, 0.1) is 5.92 Å². The second-order valence-corrected chi connectivity index (χ2v) is 5.72. The highest BCUT2D eigenvalue weighted by Gasteiger charge is 2.20. The number of hydrogen-bond acceptors (Lipinski definition) is 2. The summed E-state index contributed by atoms with van der Waals surface area (Å²) in [7, 11) is 0. The fourth-order valence-electron chi connectivity index (χ4n) is 2.45. The second-order valence-electron chi connectivity index (χ2n) is 5.72. The van der Waals surface area contributed by atoms with Gasteiger partial charge in [0.2, 0.25) is 0 Å². The van der Waals surface area contributed by atoms with Gasteiger partial charge in [-0.15, -0.1) is 24.0 Å². The molecule has 118 valence electrons. The Morgan fingerprint density at radius 3 is 2.55 bits per heavy atom. The van der Waals surface area contributed by atoms with Crippen molar-refractivity contribution in [1.82, 2.24) is 10.6 Å². The normalized spacial score (nSPS) is 19.8. The number of ether oxygens (including phenoxy) is 1. The van der Waals surface area contributed by atoms with E-state index in [1.807, 2.05) is 0 Å². The molecule has 0 heterocycles. The van der Waals surface area contributed by atoms with Gasteiger partial charge in [-0.05, 0) is 44.9 Å². The lowest BCUT2D eigenvalue weighted by Crippen LogP contribution is -2.38. The number of halogens is 1. The molecule has 0 bridgehead atoms. The van der Waals surface area contributed by atoms with E-state index in [0.29, 0.717) is 6.10 Å². The highest BCUT2D eigenvalue weighted by atomic mass is 127. The van der Waals surface area contributed by atoms with E-state index in [4.69, 9.17) is 4.74 Å². The predicted molar refractivity (Wildman–Crippen MR) is 94.9 cm³/mol. The molecule has 0 aromatic carbocycles. The summed E-state index contributed by atoms with van der Waals surface area (Å²) in [5, 5.41) is 6.68. The monoisotopic (exact) mass is 395 g/mol. The smallest absolute Gasteiger partial charge is 0.191 e. The average Bonchev–Trinajstić information content (AvgIpc) is 3.10. The van der Waals surface area contributed by atoms with Crippen molar-refractivity contribution in [2.24, 2.45) is 10.9 Å². The zero-order valence-corrected chi connectivity index (χ0v) is 15.0. The molecular weight excluding hydrogens is 365 g/mol. The standard InChI is InChI=1S/C15H29N3O.HI/c1-2-16-15(18-12-13-8-9-13)17-10-5-11-19-14-6-3-4-7-14;/h13-14H,2-12H2,1H3,(H2,16,17,18);1H. The first-order valence-corrected chi connectivity index (χ1v) is 8.02. The number of nitrogens with one attached hydrogen (secondary N) is 2. The van der Waals surface area contributed by atoms with Gasteiger partial charge in [0, 0.05) is 26.2 Å². The van der Waals surface area contributed by atoms with Crippen LogP contribution in [0.1, 0.15) is 51.9 Å². The van der Waals surface area contributed by atoms with E-state index in [1.165, 1.54) is 38.5 Å². The molecule has 2 saturated carbocycles. The maximum atomic E-state index is 5.85. The molecule has 2 fully saturated rings. The maximum absolute atomic E-state index is 5.85. The molecule has 0 amide bonds. The molecule has 2 aliphatic rings. The molecule has 0 aliphatic heterocycles. The average molecular weight is 395 g/mol. The second kappa shape index (κ2) is 10.7. The van der Waals surface area contributed by atoms with Gasteiger partial charge in [0.05, 0.1) is 6.10 Å². The van der Waals surface area contributed by atoms with E-state index in [2.05, 4.69) is 22.5 Å². The highest BCUT2D eigenvalue weighted by Crippen LogP contribution is 2.28. The van der Waals surface area contributed by atoms with E-state index >= 15 is 0 Å². The van der Waals surface area contributed by atoms with Crippen molar-refractivity contribution in [3.63, 3.8) is 0 Å². The van der Waals surface area contributed by atoms with Gasteiger partial charge in [-0.2, -0.15) is 0 Å². The Morgan fingerprint density at radius 1 is 1.15 bits per heavy atom. The summed E-state index contributed by atoms with van der Waals surface area (Å²) in [6.07, 6.45) is 9.54. The molecule has 0 radical (unpaired) electrons. The summed E-state index contributed by atoms with van der Waals surface area (Å²) in [6.45, 7) is 5.84. The Balaban J connectivity index is 0.00000200. The SMILES string of the molecule is CCNC(=NCC1CC1)NCCCOC1CCCC1.I. The van der Waals surface area contributed by atoms with E-state index < -0.39 is 0 Å². The van der Waals surface area contributed by atoms with E-state index in [-0.39, 0.29) is 24.0 Å². The summed E-state index contributed by atoms with van der Waals surface area (Å²) in [6, 6.07) is 0. The van der Waals surface area contributed by atoms with Crippen LogP contribution in [-0.2, 0) is 4.74 Å². The zero-order valence-electron chi connectivity index (χ0n) is 12.7. The molecule has 0 saturated heterocycles. The molecule has 0 aromatic rings. The minimum atomic E-state index is 0. The predicted octanol–water partition coefficient (Wildman–Crippen LogP) is 2.92. The highest BCUT2D eigenvalue weighted by molar-refractivity contribution is 14.0. The van der Waals surface area contributed by atoms with Crippen molar-refractivity contribution in [2.45, 2.75) is 58.0 Å². The fourth-order valence-corrected chi connectivity index (χ4v) is 2.45. The molecule has 0 aromatic heterocycles. The Labute approximate surface area is 140 Å². The van der Waals surface area contributed by atoms with Crippen molar-refractivity contribution in [3.8, 4) is 0 Å². The number of aliphatic imine (C=N–C) groups is 1. The number of rotatable bonds is 8. The summed E-state index contributed by atoms with van der Waals surface area (Å²) in [5.41, 5.74) is 0. The van der Waals surface area contributed by atoms with Gasteiger partial charge in [0.25, 0.3) is 0 Å². The third-order valence-corrected chi connectivity index (χ3v) is 3.82. The number of hydrogen-bond donors (Lipinski definition) is 2. The van der Waals surface area contributed by atoms with Gasteiger partial charge in [-0.25, -0.2) is 0 Å². The van der Waals surface area contributed by atoms with E-state index in [9.17, 15) is 0 Å². The first-order valence-electron chi connectivity index (χ1n) is 8.02. The Kier molecular flexibility index (Phi) is 9.59. The van der Waals surface area contributed by atoms with Crippen LogP contribution in [0.25, 0.3) is 0 Å². The maximum Gasteiger partial charge on any atom is 0.191 e. The van der Waals surface area contributed by atoms with Crippen LogP contribution in [0.5, 0.6) is 0 Å². The van der Waals surface area contributed by atoms with Gasteiger partial charge >= 0.3 is 0 Å². The molecular formula is C15H30IN3O. The Hall–Kier alpha value is -0.0400.